The van der Waals surface area contributed by atoms with Crippen LogP contribution in [0.3, 0.4) is 0 Å². The highest BCUT2D eigenvalue weighted by Crippen LogP contribution is 2.41. The first-order valence-electron chi connectivity index (χ1n) is 11.1. The molecule has 3 aromatic carbocycles. The Hall–Kier alpha value is -3.03. The van der Waals surface area contributed by atoms with E-state index in [0.717, 1.165) is 22.7 Å². The molecule has 0 aliphatic carbocycles. The molecule has 4 nitrogen and oxygen atoms in total. The van der Waals surface area contributed by atoms with E-state index >= 15 is 0 Å². The van der Waals surface area contributed by atoms with E-state index in [4.69, 9.17) is 21.1 Å². The zero-order valence-electron chi connectivity index (χ0n) is 19.2. The number of fused-ring (bicyclic) bond motifs is 1. The minimum Gasteiger partial charge on any atom is -0.486 e. The predicted molar refractivity (Wildman–Crippen MR) is 134 cm³/mol. The summed E-state index contributed by atoms with van der Waals surface area (Å²) >= 11 is 7.61. The lowest BCUT2D eigenvalue weighted by atomic mass is 9.81. The maximum Gasteiger partial charge on any atom is 0.173 e. The molecule has 5 rings (SSSR count). The molecule has 1 aliphatic rings. The van der Waals surface area contributed by atoms with E-state index in [-0.39, 0.29) is 11.6 Å². The van der Waals surface area contributed by atoms with Gasteiger partial charge in [0.15, 0.2) is 16.7 Å². The Balaban J connectivity index is 1.57. The first-order valence-corrected chi connectivity index (χ1v) is 12.5. The monoisotopic (exact) mass is 512 g/mol. The number of nitrogens with zero attached hydrogens (tertiary/aromatic N) is 2. The Morgan fingerprint density at radius 1 is 1.00 bits per heavy atom. The van der Waals surface area contributed by atoms with E-state index < -0.39 is 5.41 Å². The fraction of sp³-hybridized carbons (Fsp3) is 0.222. The number of imidazole rings is 1. The predicted octanol–water partition coefficient (Wildman–Crippen LogP) is 7.19. The van der Waals surface area contributed by atoms with Crippen molar-refractivity contribution in [1.29, 1.82) is 0 Å². The fourth-order valence-corrected chi connectivity index (χ4v) is 5.44. The van der Waals surface area contributed by atoms with E-state index in [1.807, 2.05) is 29.0 Å². The molecule has 1 aromatic heterocycles. The Bertz CT molecular complexity index is 1350. The van der Waals surface area contributed by atoms with Gasteiger partial charge in [0.1, 0.15) is 24.8 Å². The van der Waals surface area contributed by atoms with Gasteiger partial charge in [0, 0.05) is 27.4 Å². The average molecular weight is 513 g/mol. The van der Waals surface area contributed by atoms with Crippen molar-refractivity contribution >= 4 is 23.4 Å². The third-order valence-corrected chi connectivity index (χ3v) is 7.46. The van der Waals surface area contributed by atoms with E-state index in [1.54, 1.807) is 24.3 Å². The number of ether oxygens (including phenoxy) is 2. The average Bonchev–Trinajstić information content (AvgIpc) is 3.29. The highest BCUT2D eigenvalue weighted by molar-refractivity contribution is 7.98. The fourth-order valence-electron chi connectivity index (χ4n) is 4.10. The summed E-state index contributed by atoms with van der Waals surface area (Å²) in [5.41, 5.74) is 2.58. The van der Waals surface area contributed by atoms with Gasteiger partial charge in [-0.1, -0.05) is 49.3 Å². The minimum atomic E-state index is -0.494. The van der Waals surface area contributed by atoms with Gasteiger partial charge < -0.3 is 9.47 Å². The topological polar surface area (TPSA) is 36.3 Å². The van der Waals surface area contributed by atoms with Gasteiger partial charge in [0.2, 0.25) is 0 Å². The van der Waals surface area contributed by atoms with Crippen LogP contribution >= 0.6 is 23.4 Å². The summed E-state index contributed by atoms with van der Waals surface area (Å²) in [5, 5.41) is 1.02. The molecule has 2 heterocycles. The molecule has 0 bridgehead atoms. The third-order valence-electron chi connectivity index (χ3n) is 6.13. The van der Waals surface area contributed by atoms with Crippen LogP contribution in [0.4, 0.5) is 8.78 Å². The van der Waals surface area contributed by atoms with Crippen molar-refractivity contribution in [3.8, 4) is 17.2 Å². The van der Waals surface area contributed by atoms with Gasteiger partial charge in [0.25, 0.3) is 0 Å². The second-order valence-corrected chi connectivity index (χ2v) is 10.1. The highest BCUT2D eigenvalue weighted by atomic mass is 35.5. The first kappa shape index (κ1) is 23.7. The van der Waals surface area contributed by atoms with Gasteiger partial charge >= 0.3 is 0 Å². The lowest BCUT2D eigenvalue weighted by molar-refractivity contribution is 0.171. The van der Waals surface area contributed by atoms with E-state index in [2.05, 4.69) is 18.8 Å². The zero-order valence-corrected chi connectivity index (χ0v) is 20.8. The third kappa shape index (κ3) is 4.62. The maximum absolute atomic E-state index is 14.4. The SMILES string of the molecule is CC(C)(c1ccc2c(c1)OCCO2)c1cnc(SCc2c(F)cccc2Cl)n1-c1ccc(F)cc1. The van der Waals surface area contributed by atoms with E-state index in [9.17, 15) is 8.78 Å². The Morgan fingerprint density at radius 2 is 1.74 bits per heavy atom. The number of hydrogen-bond donors (Lipinski definition) is 0. The lowest BCUT2D eigenvalue weighted by Crippen LogP contribution is -2.24. The Morgan fingerprint density at radius 3 is 2.49 bits per heavy atom. The van der Waals surface area contributed by atoms with Crippen LogP contribution in [0, 0.1) is 11.6 Å². The van der Waals surface area contributed by atoms with Crippen molar-refractivity contribution in [3.05, 3.63) is 100 Å². The Kier molecular flexibility index (Phi) is 6.47. The molecule has 0 radical (unpaired) electrons. The molecular weight excluding hydrogens is 490 g/mol. The van der Waals surface area contributed by atoms with Gasteiger partial charge in [-0.15, -0.1) is 0 Å². The number of benzene rings is 3. The van der Waals surface area contributed by atoms with Crippen LogP contribution in [0.15, 0.2) is 72.0 Å². The molecule has 0 saturated heterocycles. The quantitative estimate of drug-likeness (QED) is 0.256. The molecule has 8 heteroatoms. The van der Waals surface area contributed by atoms with Gasteiger partial charge in [-0.05, 0) is 54.1 Å². The molecule has 4 aromatic rings. The van der Waals surface area contributed by atoms with Crippen molar-refractivity contribution in [3.63, 3.8) is 0 Å². The summed E-state index contributed by atoms with van der Waals surface area (Å²) in [6.45, 7) is 5.22. The van der Waals surface area contributed by atoms with Crippen LogP contribution in [-0.2, 0) is 11.2 Å². The van der Waals surface area contributed by atoms with Crippen molar-refractivity contribution in [1.82, 2.24) is 9.55 Å². The van der Waals surface area contributed by atoms with Crippen molar-refractivity contribution in [2.75, 3.05) is 13.2 Å². The maximum atomic E-state index is 14.4. The molecule has 0 spiro atoms. The zero-order chi connectivity index (χ0) is 24.6. The molecule has 0 fully saturated rings. The van der Waals surface area contributed by atoms with Gasteiger partial charge in [0.05, 0.1) is 11.9 Å². The molecular formula is C27H23ClF2N2O2S. The van der Waals surface area contributed by atoms with Crippen LogP contribution in [0.2, 0.25) is 5.02 Å². The minimum absolute atomic E-state index is 0.299. The number of thioether (sulfide) groups is 1. The van der Waals surface area contributed by atoms with Gasteiger partial charge in [-0.25, -0.2) is 13.8 Å². The van der Waals surface area contributed by atoms with Gasteiger partial charge in [-0.2, -0.15) is 0 Å². The molecule has 0 saturated carbocycles. The highest BCUT2D eigenvalue weighted by Gasteiger charge is 2.31. The molecule has 0 N–H and O–H groups in total. The second-order valence-electron chi connectivity index (χ2n) is 8.71. The van der Waals surface area contributed by atoms with Crippen molar-refractivity contribution in [2.24, 2.45) is 0 Å². The number of rotatable bonds is 6. The number of hydrogen-bond acceptors (Lipinski definition) is 4. The molecule has 0 atom stereocenters. The molecule has 0 unspecified atom stereocenters. The summed E-state index contributed by atoms with van der Waals surface area (Å²) in [6.07, 6.45) is 1.81. The largest absolute Gasteiger partial charge is 0.486 e. The standard InChI is InChI=1S/C27H23ClF2N2O2S/c1-27(2,17-6-11-23-24(14-17)34-13-12-33-23)25-15-31-26(32(25)19-9-7-18(29)8-10-19)35-16-20-21(28)4-3-5-22(20)30/h3-11,14-15H,12-13,16H2,1-2H3. The molecule has 1 aliphatic heterocycles. The van der Waals surface area contributed by atoms with Crippen LogP contribution in [0.25, 0.3) is 5.69 Å². The van der Waals surface area contributed by atoms with Crippen molar-refractivity contribution in [2.45, 2.75) is 30.2 Å². The van der Waals surface area contributed by atoms with Crippen LogP contribution < -0.4 is 9.47 Å². The lowest BCUT2D eigenvalue weighted by Gasteiger charge is -2.29. The van der Waals surface area contributed by atoms with E-state index in [0.29, 0.717) is 40.5 Å². The van der Waals surface area contributed by atoms with E-state index in [1.165, 1.54) is 30.0 Å². The first-order chi connectivity index (χ1) is 16.8. The van der Waals surface area contributed by atoms with Crippen molar-refractivity contribution < 1.29 is 18.3 Å². The van der Waals surface area contributed by atoms with Crippen LogP contribution in [0.5, 0.6) is 11.5 Å². The van der Waals surface area contributed by atoms with Crippen LogP contribution in [0.1, 0.15) is 30.7 Å². The summed E-state index contributed by atoms with van der Waals surface area (Å²) in [5.74, 6) is 1.04. The van der Waals surface area contributed by atoms with Crippen LogP contribution in [-0.4, -0.2) is 22.8 Å². The summed E-state index contributed by atoms with van der Waals surface area (Å²) in [6, 6.07) is 16.8. The summed E-state index contributed by atoms with van der Waals surface area (Å²) < 4.78 is 41.6. The number of aromatic nitrogens is 2. The van der Waals surface area contributed by atoms with Gasteiger partial charge in [-0.3, -0.25) is 4.57 Å². The summed E-state index contributed by atoms with van der Waals surface area (Å²) in [7, 11) is 0. The summed E-state index contributed by atoms with van der Waals surface area (Å²) in [4.78, 5) is 4.68. The second kappa shape index (κ2) is 9.55. The molecule has 180 valence electrons. The number of halogens is 3. The molecule has 0 amide bonds. The Labute approximate surface area is 211 Å². The molecule has 35 heavy (non-hydrogen) atoms. The normalized spacial score (nSPS) is 13.2. The smallest absolute Gasteiger partial charge is 0.173 e.